The summed E-state index contributed by atoms with van der Waals surface area (Å²) in [5.74, 6) is 0. The Labute approximate surface area is 153 Å². The van der Waals surface area contributed by atoms with Crippen LogP contribution in [0.25, 0.3) is 0 Å². The van der Waals surface area contributed by atoms with Crippen LogP contribution < -0.4 is 5.32 Å². The van der Waals surface area contributed by atoms with E-state index in [1.165, 1.54) is 14.2 Å². The Balaban J connectivity index is 4.34. The van der Waals surface area contributed by atoms with Gasteiger partial charge in [-0.25, -0.2) is 4.67 Å². The Morgan fingerprint density at radius 2 is 1.64 bits per heavy atom. The molecule has 0 heterocycles. The van der Waals surface area contributed by atoms with Gasteiger partial charge in [0.2, 0.25) is 0 Å². The number of hydrogen-bond donors (Lipinski definition) is 1. The molecular weight excluding hydrogens is 364 g/mol. The molecule has 1 atom stereocenters. The predicted molar refractivity (Wildman–Crippen MR) is 101 cm³/mol. The van der Waals surface area contributed by atoms with Gasteiger partial charge in [-0.3, -0.25) is 4.57 Å². The second-order valence-corrected chi connectivity index (χ2v) is 9.68. The topological polar surface area (TPSA) is 93.1 Å². The molecule has 1 N–H and O–H groups in total. The van der Waals surface area contributed by atoms with E-state index in [0.717, 1.165) is 0 Å². The highest BCUT2D eigenvalue weighted by atomic mass is 31.2. The van der Waals surface area contributed by atoms with Crippen LogP contribution in [0.15, 0.2) is 0 Å². The summed E-state index contributed by atoms with van der Waals surface area (Å²) in [5.41, 5.74) is 0. The lowest BCUT2D eigenvalue weighted by Gasteiger charge is -2.35. The van der Waals surface area contributed by atoms with E-state index < -0.39 is 16.1 Å². The van der Waals surface area contributed by atoms with E-state index in [0.29, 0.717) is 38.9 Å². The van der Waals surface area contributed by atoms with E-state index in [2.05, 4.69) is 43.8 Å². The molecular formula is C15H33N3O5P2. The van der Waals surface area contributed by atoms with Crippen molar-refractivity contribution in [2.45, 2.75) is 46.2 Å². The third-order valence-corrected chi connectivity index (χ3v) is 7.25. The van der Waals surface area contributed by atoms with Gasteiger partial charge < -0.3 is 23.4 Å². The first kappa shape index (κ1) is 24.9. The van der Waals surface area contributed by atoms with Crippen LogP contribution in [0, 0.1) is 11.3 Å². The van der Waals surface area contributed by atoms with Gasteiger partial charge in [-0.2, -0.15) is 5.26 Å². The number of rotatable bonds is 15. The lowest BCUT2D eigenvalue weighted by atomic mass is 10.3. The van der Waals surface area contributed by atoms with E-state index in [1.54, 1.807) is 0 Å². The lowest BCUT2D eigenvalue weighted by Crippen LogP contribution is -2.34. The molecule has 0 aliphatic rings. The summed E-state index contributed by atoms with van der Waals surface area (Å²) < 4.78 is 35.6. The van der Waals surface area contributed by atoms with Crippen molar-refractivity contribution in [3.8, 4) is 6.07 Å². The molecule has 0 fully saturated rings. The summed E-state index contributed by atoms with van der Waals surface area (Å²) in [6.45, 7) is 10.3. The Morgan fingerprint density at radius 3 is 2.12 bits per heavy atom. The molecule has 0 aromatic rings. The van der Waals surface area contributed by atoms with E-state index in [1.807, 2.05) is 0 Å². The summed E-state index contributed by atoms with van der Waals surface area (Å²) in [6.07, 6.45) is 0.644. The summed E-state index contributed by atoms with van der Waals surface area (Å²) in [6, 6.07) is 2.63. The van der Waals surface area contributed by atoms with Gasteiger partial charge in [0, 0.05) is 39.4 Å². The van der Waals surface area contributed by atoms with Crippen LogP contribution in [0.1, 0.15) is 34.1 Å². The fourth-order valence-electron chi connectivity index (χ4n) is 2.11. The molecule has 0 saturated carbocycles. The van der Waals surface area contributed by atoms with Gasteiger partial charge in [-0.15, -0.1) is 0 Å². The molecule has 0 rings (SSSR count). The highest BCUT2D eigenvalue weighted by molar-refractivity contribution is 7.53. The van der Waals surface area contributed by atoms with Crippen LogP contribution in [0.5, 0.6) is 0 Å². The summed E-state index contributed by atoms with van der Waals surface area (Å²) in [5, 5.41) is 11.8. The molecule has 0 bridgehead atoms. The van der Waals surface area contributed by atoms with Gasteiger partial charge in [0.25, 0.3) is 8.53 Å². The molecule has 0 aromatic carbocycles. The van der Waals surface area contributed by atoms with E-state index in [4.69, 9.17) is 23.4 Å². The third-order valence-electron chi connectivity index (χ3n) is 3.26. The minimum Gasteiger partial charge on any atom is -0.321 e. The van der Waals surface area contributed by atoms with E-state index in [-0.39, 0.29) is 12.1 Å². The molecule has 8 nitrogen and oxygen atoms in total. The predicted octanol–water partition coefficient (Wildman–Crippen LogP) is 3.35. The average Bonchev–Trinajstić information content (AvgIpc) is 2.56. The van der Waals surface area contributed by atoms with Crippen molar-refractivity contribution >= 4 is 16.1 Å². The standard InChI is InChI=1S/C15H33N3O5P2/c1-14(2)18(15(3)4)24(22-11-7-8-16)23-12-9-17-10-13-25(19,20-5)21-6/h14-15,17H,7,9-13H2,1-6H3. The van der Waals surface area contributed by atoms with Crippen molar-refractivity contribution in [3.05, 3.63) is 0 Å². The quantitative estimate of drug-likeness (QED) is 0.332. The fourth-order valence-corrected chi connectivity index (χ4v) is 4.64. The zero-order valence-corrected chi connectivity index (χ0v) is 18.0. The Hall–Kier alpha value is -0.0900. The van der Waals surface area contributed by atoms with Crippen molar-refractivity contribution in [1.82, 2.24) is 9.99 Å². The van der Waals surface area contributed by atoms with E-state index >= 15 is 0 Å². The second-order valence-electron chi connectivity index (χ2n) is 5.83. The third kappa shape index (κ3) is 10.6. The minimum absolute atomic E-state index is 0.274. The zero-order chi connectivity index (χ0) is 19.3. The summed E-state index contributed by atoms with van der Waals surface area (Å²) in [7, 11) is -1.44. The van der Waals surface area contributed by atoms with Crippen molar-refractivity contribution in [2.75, 3.05) is 46.7 Å². The van der Waals surface area contributed by atoms with Gasteiger partial charge >= 0.3 is 7.60 Å². The molecule has 0 aliphatic carbocycles. The van der Waals surface area contributed by atoms with Gasteiger partial charge in [0.05, 0.1) is 31.9 Å². The van der Waals surface area contributed by atoms with Crippen molar-refractivity contribution < 1.29 is 22.7 Å². The van der Waals surface area contributed by atoms with Crippen LogP contribution in [-0.4, -0.2) is 63.4 Å². The normalized spacial score (nSPS) is 13.6. The first-order valence-electron chi connectivity index (χ1n) is 8.43. The SMILES string of the molecule is COP(=O)(CCNCCOP(OCCC#N)N(C(C)C)C(C)C)OC. The molecule has 10 heteroatoms. The van der Waals surface area contributed by atoms with Crippen LogP contribution >= 0.6 is 16.1 Å². The van der Waals surface area contributed by atoms with Gasteiger partial charge in [0.15, 0.2) is 0 Å². The largest absolute Gasteiger partial charge is 0.331 e. The Bertz CT molecular complexity index is 416. The first-order valence-corrected chi connectivity index (χ1v) is 11.3. The monoisotopic (exact) mass is 397 g/mol. The van der Waals surface area contributed by atoms with Crippen molar-refractivity contribution in [2.24, 2.45) is 0 Å². The Kier molecular flexibility index (Phi) is 14.0. The number of hydrogen-bond acceptors (Lipinski definition) is 8. The lowest BCUT2D eigenvalue weighted by molar-refractivity contribution is 0.177. The fraction of sp³-hybridized carbons (Fsp3) is 0.933. The molecule has 148 valence electrons. The van der Waals surface area contributed by atoms with Gasteiger partial charge in [-0.05, 0) is 27.7 Å². The molecule has 0 saturated heterocycles. The Morgan fingerprint density at radius 1 is 1.08 bits per heavy atom. The van der Waals surface area contributed by atoms with Crippen LogP contribution in [0.4, 0.5) is 0 Å². The molecule has 1 unspecified atom stereocenters. The summed E-state index contributed by atoms with van der Waals surface area (Å²) >= 11 is 0. The molecule has 0 aliphatic heterocycles. The van der Waals surface area contributed by atoms with Gasteiger partial charge in [0.1, 0.15) is 0 Å². The number of nitrogens with one attached hydrogen (secondary N) is 1. The smallest absolute Gasteiger partial charge is 0.321 e. The molecule has 25 heavy (non-hydrogen) atoms. The maximum atomic E-state index is 11.9. The second kappa shape index (κ2) is 14.0. The highest BCUT2D eigenvalue weighted by Crippen LogP contribution is 2.46. The highest BCUT2D eigenvalue weighted by Gasteiger charge is 2.27. The summed E-state index contributed by atoms with van der Waals surface area (Å²) in [4.78, 5) is 0. The van der Waals surface area contributed by atoms with Crippen LogP contribution in [0.3, 0.4) is 0 Å². The van der Waals surface area contributed by atoms with Crippen LogP contribution in [-0.2, 0) is 22.7 Å². The zero-order valence-electron chi connectivity index (χ0n) is 16.2. The van der Waals surface area contributed by atoms with Gasteiger partial charge in [-0.1, -0.05) is 0 Å². The molecule has 0 aromatic heterocycles. The first-order chi connectivity index (χ1) is 11.8. The molecule has 0 amide bonds. The number of nitrogens with zero attached hydrogens (tertiary/aromatic N) is 2. The van der Waals surface area contributed by atoms with Crippen molar-refractivity contribution in [1.29, 1.82) is 5.26 Å². The minimum atomic E-state index is -2.97. The maximum Gasteiger partial charge on any atom is 0.331 e. The van der Waals surface area contributed by atoms with Crippen molar-refractivity contribution in [3.63, 3.8) is 0 Å². The maximum absolute atomic E-state index is 11.9. The van der Waals surface area contributed by atoms with Crippen LogP contribution in [0.2, 0.25) is 0 Å². The molecule has 0 spiro atoms. The molecule has 0 radical (unpaired) electrons. The number of nitriles is 1. The average molecular weight is 397 g/mol. The van der Waals surface area contributed by atoms with E-state index in [9.17, 15) is 4.57 Å².